The maximum Gasteiger partial charge on any atom is 0.165 e. The summed E-state index contributed by atoms with van der Waals surface area (Å²) in [5, 5.41) is 7.01. The highest BCUT2D eigenvalue weighted by Crippen LogP contribution is 2.15. The molecule has 0 atom stereocenters. The van der Waals surface area contributed by atoms with Crippen LogP contribution in [0.5, 0.6) is 5.75 Å². The second-order valence-corrected chi connectivity index (χ2v) is 6.04. The van der Waals surface area contributed by atoms with E-state index in [9.17, 15) is 0 Å². The highest BCUT2D eigenvalue weighted by atomic mass is 16.5. The zero-order chi connectivity index (χ0) is 18.4. The van der Waals surface area contributed by atoms with Crippen LogP contribution in [-0.2, 0) is 6.54 Å². The average Bonchev–Trinajstić information content (AvgIpc) is 3.21. The Morgan fingerprint density at radius 1 is 1.15 bits per heavy atom. The first-order valence-corrected chi connectivity index (χ1v) is 8.72. The normalized spacial score (nSPS) is 11.4. The Hall–Kier alpha value is -3.08. The molecule has 5 heteroatoms. The van der Waals surface area contributed by atoms with Crippen molar-refractivity contribution in [1.82, 2.24) is 14.6 Å². The van der Waals surface area contributed by atoms with Crippen molar-refractivity contribution in [2.75, 3.05) is 13.7 Å². The molecule has 134 valence electrons. The van der Waals surface area contributed by atoms with E-state index >= 15 is 0 Å². The van der Waals surface area contributed by atoms with Gasteiger partial charge in [0, 0.05) is 24.5 Å². The third kappa shape index (κ3) is 4.11. The van der Waals surface area contributed by atoms with Gasteiger partial charge in [-0.1, -0.05) is 36.4 Å². The summed E-state index contributed by atoms with van der Waals surface area (Å²) in [5.41, 5.74) is 3.46. The van der Waals surface area contributed by atoms with Crippen LogP contribution in [0.3, 0.4) is 0 Å². The fraction of sp³-hybridized carbons (Fsp3) is 0.238. The number of hydrogen-bond acceptors (Lipinski definition) is 4. The van der Waals surface area contributed by atoms with Crippen LogP contribution in [0.15, 0.2) is 72.4 Å². The number of aromatic nitrogens is 2. The SMILES string of the molecule is CCN(Cc1ccc(OC)cc1)/N=C(/c1ccccc1C)n1ccnc1. The number of hydrazone groups is 1. The number of hydrogen-bond donors (Lipinski definition) is 0. The molecule has 1 aromatic heterocycles. The minimum absolute atomic E-state index is 0.727. The summed E-state index contributed by atoms with van der Waals surface area (Å²) in [4.78, 5) is 4.18. The van der Waals surface area contributed by atoms with Gasteiger partial charge < -0.3 is 4.74 Å². The Morgan fingerprint density at radius 2 is 1.92 bits per heavy atom. The van der Waals surface area contributed by atoms with Gasteiger partial charge in [-0.05, 0) is 37.1 Å². The molecule has 0 unspecified atom stereocenters. The molecule has 5 nitrogen and oxygen atoms in total. The van der Waals surface area contributed by atoms with Crippen LogP contribution in [0.25, 0.3) is 0 Å². The summed E-state index contributed by atoms with van der Waals surface area (Å²) in [6.07, 6.45) is 5.48. The van der Waals surface area contributed by atoms with Crippen molar-refractivity contribution < 1.29 is 4.74 Å². The Kier molecular flexibility index (Phi) is 5.69. The molecule has 0 saturated carbocycles. The maximum atomic E-state index is 5.23. The van der Waals surface area contributed by atoms with Crippen LogP contribution in [0.2, 0.25) is 0 Å². The molecule has 0 fully saturated rings. The number of benzene rings is 2. The van der Waals surface area contributed by atoms with Crippen molar-refractivity contribution in [1.29, 1.82) is 0 Å². The largest absolute Gasteiger partial charge is 0.497 e. The fourth-order valence-electron chi connectivity index (χ4n) is 2.75. The molecule has 0 aliphatic carbocycles. The first kappa shape index (κ1) is 17.7. The van der Waals surface area contributed by atoms with Gasteiger partial charge in [0.05, 0.1) is 13.7 Å². The highest BCUT2D eigenvalue weighted by Gasteiger charge is 2.11. The number of nitrogens with zero attached hydrogens (tertiary/aromatic N) is 4. The van der Waals surface area contributed by atoms with Gasteiger partial charge in [-0.15, -0.1) is 0 Å². The van der Waals surface area contributed by atoms with Crippen LogP contribution in [-0.4, -0.2) is 34.1 Å². The molecule has 0 aliphatic heterocycles. The van der Waals surface area contributed by atoms with Crippen molar-refractivity contribution in [2.24, 2.45) is 5.10 Å². The Labute approximate surface area is 154 Å². The molecular weight excluding hydrogens is 324 g/mol. The van der Waals surface area contributed by atoms with Gasteiger partial charge in [-0.3, -0.25) is 9.58 Å². The van der Waals surface area contributed by atoms with Crippen LogP contribution >= 0.6 is 0 Å². The van der Waals surface area contributed by atoms with Crippen molar-refractivity contribution in [2.45, 2.75) is 20.4 Å². The predicted octanol–water partition coefficient (Wildman–Crippen LogP) is 3.93. The molecule has 2 aromatic carbocycles. The Morgan fingerprint density at radius 3 is 2.54 bits per heavy atom. The van der Waals surface area contributed by atoms with Gasteiger partial charge in [0.25, 0.3) is 0 Å². The lowest BCUT2D eigenvalue weighted by molar-refractivity contribution is 0.294. The van der Waals surface area contributed by atoms with E-state index in [1.807, 2.05) is 35.0 Å². The first-order valence-electron chi connectivity index (χ1n) is 8.72. The lowest BCUT2D eigenvalue weighted by Crippen LogP contribution is -2.23. The van der Waals surface area contributed by atoms with Crippen LogP contribution < -0.4 is 4.74 Å². The van der Waals surface area contributed by atoms with Gasteiger partial charge in [0.15, 0.2) is 5.84 Å². The van der Waals surface area contributed by atoms with Crippen molar-refractivity contribution in [3.8, 4) is 5.75 Å². The minimum atomic E-state index is 0.727. The van der Waals surface area contributed by atoms with Gasteiger partial charge >= 0.3 is 0 Å². The highest BCUT2D eigenvalue weighted by molar-refractivity contribution is 6.01. The summed E-state index contributed by atoms with van der Waals surface area (Å²) in [6.45, 7) is 5.73. The first-order chi connectivity index (χ1) is 12.7. The van der Waals surface area contributed by atoms with E-state index in [1.165, 1.54) is 11.1 Å². The summed E-state index contributed by atoms with van der Waals surface area (Å²) in [7, 11) is 1.68. The number of imidazole rings is 1. The topological polar surface area (TPSA) is 42.6 Å². The van der Waals surface area contributed by atoms with E-state index in [4.69, 9.17) is 9.84 Å². The van der Waals surface area contributed by atoms with Crippen LogP contribution in [0.4, 0.5) is 0 Å². The van der Waals surface area contributed by atoms with Crippen LogP contribution in [0.1, 0.15) is 23.6 Å². The molecule has 0 aliphatic rings. The molecule has 0 bridgehead atoms. The predicted molar refractivity (Wildman–Crippen MR) is 104 cm³/mol. The smallest absolute Gasteiger partial charge is 0.165 e. The molecule has 3 aromatic rings. The summed E-state index contributed by atoms with van der Waals surface area (Å²) >= 11 is 0. The zero-order valence-electron chi connectivity index (χ0n) is 15.5. The summed E-state index contributed by atoms with van der Waals surface area (Å²) in [6, 6.07) is 16.4. The van der Waals surface area contributed by atoms with E-state index in [0.717, 1.165) is 30.2 Å². The van der Waals surface area contributed by atoms with E-state index in [0.29, 0.717) is 0 Å². The molecule has 0 spiro atoms. The standard InChI is InChI=1S/C21H24N4O/c1-4-25(15-18-9-11-19(26-3)12-10-18)23-21(24-14-13-22-16-24)20-8-6-5-7-17(20)2/h5-14,16H,4,15H2,1-3H3/b23-21-. The lowest BCUT2D eigenvalue weighted by atomic mass is 10.1. The van der Waals surface area contributed by atoms with Crippen molar-refractivity contribution in [3.63, 3.8) is 0 Å². The fourth-order valence-corrected chi connectivity index (χ4v) is 2.75. The molecule has 26 heavy (non-hydrogen) atoms. The Balaban J connectivity index is 1.93. The van der Waals surface area contributed by atoms with Gasteiger partial charge in [-0.2, -0.15) is 5.10 Å². The average molecular weight is 348 g/mol. The molecule has 1 heterocycles. The molecule has 0 saturated heterocycles. The number of ether oxygens (including phenoxy) is 1. The lowest BCUT2D eigenvalue weighted by Gasteiger charge is -2.20. The molecule has 0 radical (unpaired) electrons. The third-order valence-electron chi connectivity index (χ3n) is 4.26. The summed E-state index contributed by atoms with van der Waals surface area (Å²) in [5.74, 6) is 1.73. The Bertz CT molecular complexity index is 854. The second kappa shape index (κ2) is 8.34. The molecule has 3 rings (SSSR count). The number of methoxy groups -OCH3 is 1. The second-order valence-electron chi connectivity index (χ2n) is 6.04. The number of rotatable bonds is 6. The van der Waals surface area contributed by atoms with E-state index in [-0.39, 0.29) is 0 Å². The number of aryl methyl sites for hydroxylation is 1. The minimum Gasteiger partial charge on any atom is -0.497 e. The molecule has 0 amide bonds. The zero-order valence-corrected chi connectivity index (χ0v) is 15.5. The van der Waals surface area contributed by atoms with Crippen molar-refractivity contribution in [3.05, 3.63) is 83.9 Å². The third-order valence-corrected chi connectivity index (χ3v) is 4.26. The van der Waals surface area contributed by atoms with E-state index < -0.39 is 0 Å². The maximum absolute atomic E-state index is 5.23. The van der Waals surface area contributed by atoms with Crippen molar-refractivity contribution >= 4 is 5.84 Å². The quantitative estimate of drug-likeness (QED) is 0.385. The summed E-state index contributed by atoms with van der Waals surface area (Å²) < 4.78 is 7.19. The van der Waals surface area contributed by atoms with Gasteiger partial charge in [0.2, 0.25) is 0 Å². The monoisotopic (exact) mass is 348 g/mol. The van der Waals surface area contributed by atoms with Gasteiger partial charge in [0.1, 0.15) is 12.1 Å². The molecular formula is C21H24N4O. The van der Waals surface area contributed by atoms with Gasteiger partial charge in [-0.25, -0.2) is 4.98 Å². The van der Waals surface area contributed by atoms with E-state index in [2.05, 4.69) is 48.1 Å². The van der Waals surface area contributed by atoms with E-state index in [1.54, 1.807) is 19.6 Å². The van der Waals surface area contributed by atoms with Crippen LogP contribution in [0, 0.1) is 6.92 Å². The molecule has 0 N–H and O–H groups in total.